The van der Waals surface area contributed by atoms with Gasteiger partial charge in [0.05, 0.1) is 14.2 Å². The maximum Gasteiger partial charge on any atom is 0.343 e. The molecule has 158 valence electrons. The van der Waals surface area contributed by atoms with Crippen molar-refractivity contribution in [1.29, 1.82) is 0 Å². The second-order valence-electron chi connectivity index (χ2n) is 6.38. The largest absolute Gasteiger partial charge is 0.493 e. The Kier molecular flexibility index (Phi) is 6.79. The molecule has 0 saturated carbocycles. The van der Waals surface area contributed by atoms with Gasteiger partial charge in [0.1, 0.15) is 5.56 Å². The van der Waals surface area contributed by atoms with Gasteiger partial charge in [-0.25, -0.2) is 14.8 Å². The van der Waals surface area contributed by atoms with E-state index in [-0.39, 0.29) is 28.5 Å². The molecule has 1 aromatic heterocycles. The molecule has 2 heterocycles. The third-order valence-corrected chi connectivity index (χ3v) is 4.70. The van der Waals surface area contributed by atoms with E-state index in [0.717, 1.165) is 0 Å². The van der Waals surface area contributed by atoms with Gasteiger partial charge < -0.3 is 24.0 Å². The highest BCUT2D eigenvalue weighted by atomic mass is 16.5. The molecule has 3 rings (SSSR count). The summed E-state index contributed by atoms with van der Waals surface area (Å²) < 4.78 is 15.5. The number of carbonyl (C=O) groups excluding carboxylic acids is 3. The van der Waals surface area contributed by atoms with Gasteiger partial charge in [0, 0.05) is 44.1 Å². The van der Waals surface area contributed by atoms with Crippen LogP contribution in [0.1, 0.15) is 20.7 Å². The molecule has 1 aliphatic rings. The number of aldehydes is 1. The summed E-state index contributed by atoms with van der Waals surface area (Å²) in [4.78, 5) is 48.4. The molecule has 10 heteroatoms. The molecule has 10 nitrogen and oxygen atoms in total. The van der Waals surface area contributed by atoms with Gasteiger partial charge in [0.15, 0.2) is 24.4 Å². The molecule has 0 spiro atoms. The average molecular weight is 414 g/mol. The number of amides is 1. The Morgan fingerprint density at radius 2 is 1.77 bits per heavy atom. The maximum absolute atomic E-state index is 12.6. The van der Waals surface area contributed by atoms with Gasteiger partial charge in [-0.3, -0.25) is 9.59 Å². The van der Waals surface area contributed by atoms with Crippen LogP contribution in [0.2, 0.25) is 0 Å². The highest BCUT2D eigenvalue weighted by Gasteiger charge is 2.26. The highest BCUT2D eigenvalue weighted by Crippen LogP contribution is 2.33. The molecule has 0 unspecified atom stereocenters. The van der Waals surface area contributed by atoms with Crippen molar-refractivity contribution in [3.63, 3.8) is 0 Å². The van der Waals surface area contributed by atoms with Gasteiger partial charge in [0.2, 0.25) is 5.95 Å². The van der Waals surface area contributed by atoms with Crippen molar-refractivity contribution >= 4 is 24.1 Å². The molecule has 0 atom stereocenters. The number of benzene rings is 1. The highest BCUT2D eigenvalue weighted by molar-refractivity contribution is 6.02. The van der Waals surface area contributed by atoms with E-state index >= 15 is 0 Å². The molecule has 1 fully saturated rings. The average Bonchev–Trinajstić information content (AvgIpc) is 2.81. The van der Waals surface area contributed by atoms with E-state index in [1.807, 2.05) is 4.90 Å². The minimum Gasteiger partial charge on any atom is -0.493 e. The number of piperazine rings is 1. The summed E-state index contributed by atoms with van der Waals surface area (Å²) in [5, 5.41) is 0. The van der Waals surface area contributed by atoms with Crippen LogP contribution in [0.4, 0.5) is 5.95 Å². The first-order valence-electron chi connectivity index (χ1n) is 9.26. The number of nitrogens with zero attached hydrogens (tertiary/aromatic N) is 4. The molecule has 1 amide bonds. The van der Waals surface area contributed by atoms with Crippen LogP contribution in [0.3, 0.4) is 0 Å². The lowest BCUT2D eigenvalue weighted by atomic mass is 10.1. The quantitative estimate of drug-likeness (QED) is 0.480. The summed E-state index contributed by atoms with van der Waals surface area (Å²) in [6.07, 6.45) is 3.85. The van der Waals surface area contributed by atoms with Crippen molar-refractivity contribution in [2.24, 2.45) is 0 Å². The molecule has 1 aromatic carbocycles. The SMILES string of the molecule is COc1ccc(C=O)c(C(=O)OCC(=O)N2CCN(c3ncccn3)CC2)c1OC. The monoisotopic (exact) mass is 414 g/mol. The van der Waals surface area contributed by atoms with Crippen LogP contribution in [-0.2, 0) is 9.53 Å². The number of hydrogen-bond acceptors (Lipinski definition) is 9. The zero-order valence-corrected chi connectivity index (χ0v) is 16.7. The molecule has 0 radical (unpaired) electrons. The molecular weight excluding hydrogens is 392 g/mol. The lowest BCUT2D eigenvalue weighted by molar-refractivity contribution is -0.134. The van der Waals surface area contributed by atoms with Gasteiger partial charge in [-0.1, -0.05) is 0 Å². The van der Waals surface area contributed by atoms with Gasteiger partial charge >= 0.3 is 5.97 Å². The van der Waals surface area contributed by atoms with Gasteiger partial charge in [-0.2, -0.15) is 0 Å². The van der Waals surface area contributed by atoms with Crippen LogP contribution in [0.25, 0.3) is 0 Å². The minimum absolute atomic E-state index is 0.0781. The third kappa shape index (κ3) is 4.48. The molecule has 1 aliphatic heterocycles. The summed E-state index contributed by atoms with van der Waals surface area (Å²) in [7, 11) is 2.77. The molecule has 0 aliphatic carbocycles. The Morgan fingerprint density at radius 1 is 1.07 bits per heavy atom. The van der Waals surface area contributed by atoms with Crippen molar-refractivity contribution in [2.75, 3.05) is 51.9 Å². The second-order valence-corrected chi connectivity index (χ2v) is 6.38. The number of aromatic nitrogens is 2. The predicted molar refractivity (Wildman–Crippen MR) is 106 cm³/mol. The fourth-order valence-electron chi connectivity index (χ4n) is 3.15. The van der Waals surface area contributed by atoms with Crippen LogP contribution in [0.5, 0.6) is 11.5 Å². The number of ether oxygens (including phenoxy) is 3. The fourth-order valence-corrected chi connectivity index (χ4v) is 3.15. The van der Waals surface area contributed by atoms with E-state index < -0.39 is 12.6 Å². The fraction of sp³-hybridized carbons (Fsp3) is 0.350. The molecule has 2 aromatic rings. The lowest BCUT2D eigenvalue weighted by Gasteiger charge is -2.34. The molecular formula is C20H22N4O6. The summed E-state index contributed by atoms with van der Waals surface area (Å²) in [6, 6.07) is 4.68. The predicted octanol–water partition coefficient (Wildman–Crippen LogP) is 0.812. The zero-order valence-electron chi connectivity index (χ0n) is 16.7. The van der Waals surface area contributed by atoms with Crippen molar-refractivity contribution in [3.8, 4) is 11.5 Å². The first-order valence-corrected chi connectivity index (χ1v) is 9.26. The number of hydrogen-bond donors (Lipinski definition) is 0. The number of carbonyl (C=O) groups is 3. The molecule has 0 bridgehead atoms. The van der Waals surface area contributed by atoms with Crippen molar-refractivity contribution in [3.05, 3.63) is 41.7 Å². The number of anilines is 1. The Balaban J connectivity index is 1.60. The molecule has 30 heavy (non-hydrogen) atoms. The standard InChI is InChI=1S/C20H22N4O6/c1-28-15-5-4-14(12-25)17(18(15)29-2)19(27)30-13-16(26)23-8-10-24(11-9-23)20-21-6-3-7-22-20/h3-7,12H,8-11,13H2,1-2H3. The molecule has 1 saturated heterocycles. The lowest BCUT2D eigenvalue weighted by Crippen LogP contribution is -2.50. The van der Waals surface area contributed by atoms with E-state index in [9.17, 15) is 14.4 Å². The Bertz CT molecular complexity index is 913. The maximum atomic E-state index is 12.6. The van der Waals surface area contributed by atoms with Gasteiger partial charge in [-0.15, -0.1) is 0 Å². The normalized spacial score (nSPS) is 13.5. The topological polar surface area (TPSA) is 111 Å². The summed E-state index contributed by atoms with van der Waals surface area (Å²) in [6.45, 7) is 1.61. The van der Waals surface area contributed by atoms with Gasteiger partial charge in [0.25, 0.3) is 5.91 Å². The first kappa shape index (κ1) is 21.0. The Morgan fingerprint density at radius 3 is 2.37 bits per heavy atom. The summed E-state index contributed by atoms with van der Waals surface area (Å²) in [5.74, 6) is -0.191. The van der Waals surface area contributed by atoms with Crippen LogP contribution in [0, 0.1) is 0 Å². The van der Waals surface area contributed by atoms with E-state index in [4.69, 9.17) is 14.2 Å². The third-order valence-electron chi connectivity index (χ3n) is 4.70. The second kappa shape index (κ2) is 9.68. The van der Waals surface area contributed by atoms with Crippen LogP contribution < -0.4 is 14.4 Å². The van der Waals surface area contributed by atoms with Crippen molar-refractivity contribution < 1.29 is 28.6 Å². The zero-order chi connectivity index (χ0) is 21.5. The minimum atomic E-state index is -0.836. The summed E-state index contributed by atoms with van der Waals surface area (Å²) >= 11 is 0. The van der Waals surface area contributed by atoms with Crippen molar-refractivity contribution in [2.45, 2.75) is 0 Å². The van der Waals surface area contributed by atoms with E-state index in [2.05, 4.69) is 9.97 Å². The Labute approximate surface area is 173 Å². The van der Waals surface area contributed by atoms with E-state index in [1.165, 1.54) is 26.4 Å². The van der Waals surface area contributed by atoms with Gasteiger partial charge in [-0.05, 0) is 18.2 Å². The smallest absolute Gasteiger partial charge is 0.343 e. The first-order chi connectivity index (χ1) is 14.6. The summed E-state index contributed by atoms with van der Waals surface area (Å²) in [5.41, 5.74) is 0.00673. The molecule has 0 N–H and O–H groups in total. The number of esters is 1. The van der Waals surface area contributed by atoms with Crippen LogP contribution in [-0.4, -0.2) is 80.0 Å². The van der Waals surface area contributed by atoms with Crippen LogP contribution >= 0.6 is 0 Å². The number of methoxy groups -OCH3 is 2. The number of rotatable bonds is 7. The van der Waals surface area contributed by atoms with E-state index in [1.54, 1.807) is 23.4 Å². The Hall–Kier alpha value is -3.69. The van der Waals surface area contributed by atoms with Crippen molar-refractivity contribution in [1.82, 2.24) is 14.9 Å². The van der Waals surface area contributed by atoms with E-state index in [0.29, 0.717) is 38.4 Å². The van der Waals surface area contributed by atoms with Crippen LogP contribution in [0.15, 0.2) is 30.6 Å².